The monoisotopic (exact) mass is 252 g/mol. The number of amides is 1. The Bertz CT molecular complexity index is 831. The van der Waals surface area contributed by atoms with E-state index in [1.54, 1.807) is 18.2 Å². The van der Waals surface area contributed by atoms with Crippen LogP contribution in [0.25, 0.3) is 16.4 Å². The van der Waals surface area contributed by atoms with Gasteiger partial charge in [-0.05, 0) is 25.1 Å². The molecule has 0 aliphatic carbocycles. The molecule has 0 unspecified atom stereocenters. The number of nitrogens with zero attached hydrogens (tertiary/aromatic N) is 1. The lowest BCUT2D eigenvalue weighted by Crippen LogP contribution is -2.10. The fraction of sp³-hybridized carbons (Fsp3) is 0.0667. The third kappa shape index (κ3) is 1.61. The van der Waals surface area contributed by atoms with Crippen molar-refractivity contribution in [3.63, 3.8) is 0 Å². The summed E-state index contributed by atoms with van der Waals surface area (Å²) in [7, 11) is 0. The molecular weight excluding hydrogens is 240 g/mol. The highest BCUT2D eigenvalue weighted by Gasteiger charge is 2.16. The van der Waals surface area contributed by atoms with E-state index in [0.29, 0.717) is 11.1 Å². The predicted molar refractivity (Wildman–Crippen MR) is 73.4 cm³/mol. The first-order chi connectivity index (χ1) is 9.09. The number of carbonyl (C=O) groups is 2. The molecule has 2 N–H and O–H groups in total. The van der Waals surface area contributed by atoms with Gasteiger partial charge in [0.05, 0.1) is 16.6 Å². The molecule has 19 heavy (non-hydrogen) atoms. The molecule has 0 bridgehead atoms. The van der Waals surface area contributed by atoms with E-state index in [1.807, 2.05) is 28.8 Å². The van der Waals surface area contributed by atoms with E-state index in [0.717, 1.165) is 16.4 Å². The molecule has 0 spiro atoms. The van der Waals surface area contributed by atoms with Crippen LogP contribution in [0.1, 0.15) is 27.6 Å². The molecule has 4 heteroatoms. The van der Waals surface area contributed by atoms with Gasteiger partial charge in [0.2, 0.25) is 0 Å². The number of fused-ring (bicyclic) bond motifs is 3. The molecule has 0 radical (unpaired) electrons. The Morgan fingerprint density at radius 2 is 1.89 bits per heavy atom. The summed E-state index contributed by atoms with van der Waals surface area (Å²) in [5, 5.41) is 0.767. The van der Waals surface area contributed by atoms with Crippen LogP contribution in [0.4, 0.5) is 0 Å². The van der Waals surface area contributed by atoms with Gasteiger partial charge in [-0.2, -0.15) is 0 Å². The van der Waals surface area contributed by atoms with Crippen molar-refractivity contribution in [3.8, 4) is 0 Å². The average Bonchev–Trinajstić information content (AvgIpc) is 2.72. The molecule has 2 heterocycles. The van der Waals surface area contributed by atoms with Crippen LogP contribution in [0.3, 0.4) is 0 Å². The zero-order valence-corrected chi connectivity index (χ0v) is 10.4. The van der Waals surface area contributed by atoms with Gasteiger partial charge in [0.25, 0.3) is 5.91 Å². The molecule has 3 aromatic rings. The van der Waals surface area contributed by atoms with Gasteiger partial charge >= 0.3 is 0 Å². The van der Waals surface area contributed by atoms with Crippen molar-refractivity contribution in [1.29, 1.82) is 0 Å². The predicted octanol–water partition coefficient (Wildman–Crippen LogP) is 2.39. The van der Waals surface area contributed by atoms with Gasteiger partial charge in [0.1, 0.15) is 0 Å². The molecule has 94 valence electrons. The number of nitrogens with two attached hydrogens (primary N) is 1. The van der Waals surface area contributed by atoms with Crippen LogP contribution in [0, 0.1) is 0 Å². The first-order valence-electron chi connectivity index (χ1n) is 5.93. The van der Waals surface area contributed by atoms with Gasteiger partial charge in [-0.25, -0.2) is 0 Å². The smallest absolute Gasteiger partial charge is 0.251 e. The Morgan fingerprint density at radius 3 is 2.58 bits per heavy atom. The fourth-order valence-electron chi connectivity index (χ4n) is 2.42. The minimum absolute atomic E-state index is 0.00611. The minimum Gasteiger partial charge on any atom is -0.366 e. The van der Waals surface area contributed by atoms with Crippen molar-refractivity contribution in [2.45, 2.75) is 6.92 Å². The Morgan fingerprint density at radius 1 is 1.11 bits per heavy atom. The number of Topliss-reactive ketones (excluding diaryl/α,β-unsaturated/α-hetero) is 1. The molecule has 0 fully saturated rings. The number of hydrogen-bond donors (Lipinski definition) is 1. The van der Waals surface area contributed by atoms with Crippen molar-refractivity contribution in [2.24, 2.45) is 5.73 Å². The summed E-state index contributed by atoms with van der Waals surface area (Å²) in [5.74, 6) is -0.470. The highest BCUT2D eigenvalue weighted by molar-refractivity contribution is 6.14. The highest BCUT2D eigenvalue weighted by Crippen LogP contribution is 2.27. The molecule has 2 aromatic heterocycles. The molecule has 4 nitrogen and oxygen atoms in total. The number of carbonyl (C=O) groups excluding carboxylic acids is 2. The molecule has 3 rings (SSSR count). The number of rotatable bonds is 2. The Hall–Kier alpha value is -2.62. The van der Waals surface area contributed by atoms with Gasteiger partial charge in [0, 0.05) is 17.1 Å². The quantitative estimate of drug-likeness (QED) is 0.712. The SMILES string of the molecule is CC(=O)c1ccc2c(C(N)=O)c3ccccn3c2c1. The Labute approximate surface area is 109 Å². The van der Waals surface area contributed by atoms with Crippen LogP contribution < -0.4 is 5.73 Å². The van der Waals surface area contributed by atoms with Gasteiger partial charge in [0.15, 0.2) is 5.78 Å². The Kier molecular flexibility index (Phi) is 2.38. The number of benzene rings is 1. The lowest BCUT2D eigenvalue weighted by molar-refractivity contribution is 0.0999. The lowest BCUT2D eigenvalue weighted by atomic mass is 10.1. The van der Waals surface area contributed by atoms with Crippen LogP contribution in [0.5, 0.6) is 0 Å². The van der Waals surface area contributed by atoms with Crippen LogP contribution in [0.2, 0.25) is 0 Å². The molecule has 0 atom stereocenters. The van der Waals surface area contributed by atoms with Crippen LogP contribution in [-0.2, 0) is 0 Å². The van der Waals surface area contributed by atoms with Gasteiger partial charge in [-0.1, -0.05) is 18.2 Å². The molecule has 0 aliphatic heterocycles. The van der Waals surface area contributed by atoms with E-state index in [-0.39, 0.29) is 5.78 Å². The van der Waals surface area contributed by atoms with Gasteiger partial charge in [-0.3, -0.25) is 9.59 Å². The van der Waals surface area contributed by atoms with E-state index < -0.39 is 5.91 Å². The molecular formula is C15H12N2O2. The van der Waals surface area contributed by atoms with Crippen molar-refractivity contribution in [2.75, 3.05) is 0 Å². The van der Waals surface area contributed by atoms with Crippen LogP contribution in [-0.4, -0.2) is 16.1 Å². The van der Waals surface area contributed by atoms with Crippen LogP contribution in [0.15, 0.2) is 42.6 Å². The summed E-state index contributed by atoms with van der Waals surface area (Å²) < 4.78 is 1.88. The van der Waals surface area contributed by atoms with Crippen molar-refractivity contribution in [1.82, 2.24) is 4.40 Å². The van der Waals surface area contributed by atoms with Crippen LogP contribution >= 0.6 is 0 Å². The standard InChI is InChI=1S/C15H12N2O2/c1-9(18)10-5-6-11-13(8-10)17-7-3-2-4-12(17)14(11)15(16)19/h2-8H,1H3,(H2,16,19). The van der Waals surface area contributed by atoms with Gasteiger partial charge in [-0.15, -0.1) is 0 Å². The average molecular weight is 252 g/mol. The number of primary amides is 1. The van der Waals surface area contributed by atoms with Gasteiger partial charge < -0.3 is 10.1 Å². The lowest BCUT2D eigenvalue weighted by Gasteiger charge is -1.98. The second kappa shape index (κ2) is 3.95. The second-order valence-corrected chi connectivity index (χ2v) is 4.48. The third-order valence-corrected chi connectivity index (χ3v) is 3.30. The molecule has 0 saturated carbocycles. The largest absolute Gasteiger partial charge is 0.366 e. The summed E-state index contributed by atoms with van der Waals surface area (Å²) in [6.45, 7) is 1.52. The zero-order chi connectivity index (χ0) is 13.6. The molecule has 0 aliphatic rings. The molecule has 0 saturated heterocycles. The van der Waals surface area contributed by atoms with E-state index in [9.17, 15) is 9.59 Å². The maximum atomic E-state index is 11.7. The number of ketones is 1. The first-order valence-corrected chi connectivity index (χ1v) is 5.93. The summed E-state index contributed by atoms with van der Waals surface area (Å²) in [4.78, 5) is 23.1. The zero-order valence-electron chi connectivity index (χ0n) is 10.4. The maximum Gasteiger partial charge on any atom is 0.251 e. The van der Waals surface area contributed by atoms with E-state index in [4.69, 9.17) is 5.73 Å². The first kappa shape index (κ1) is 11.5. The van der Waals surface area contributed by atoms with E-state index >= 15 is 0 Å². The van der Waals surface area contributed by atoms with Crippen molar-refractivity contribution >= 4 is 28.1 Å². The minimum atomic E-state index is -0.464. The summed E-state index contributed by atoms with van der Waals surface area (Å²) >= 11 is 0. The summed E-state index contributed by atoms with van der Waals surface area (Å²) in [6.07, 6.45) is 1.86. The van der Waals surface area contributed by atoms with Crippen molar-refractivity contribution < 1.29 is 9.59 Å². The highest BCUT2D eigenvalue weighted by atomic mass is 16.1. The Balaban J connectivity index is 2.52. The topological polar surface area (TPSA) is 64.6 Å². The fourth-order valence-corrected chi connectivity index (χ4v) is 2.42. The normalized spacial score (nSPS) is 11.0. The number of aromatic nitrogens is 1. The summed E-state index contributed by atoms with van der Waals surface area (Å²) in [6, 6.07) is 10.9. The number of hydrogen-bond acceptors (Lipinski definition) is 2. The second-order valence-electron chi connectivity index (χ2n) is 4.48. The van der Waals surface area contributed by atoms with Crippen molar-refractivity contribution in [3.05, 3.63) is 53.7 Å². The van der Waals surface area contributed by atoms with E-state index in [1.165, 1.54) is 6.92 Å². The summed E-state index contributed by atoms with van der Waals surface area (Å²) in [5.41, 5.74) is 8.15. The van der Waals surface area contributed by atoms with E-state index in [2.05, 4.69) is 0 Å². The third-order valence-electron chi connectivity index (χ3n) is 3.30. The molecule has 1 amide bonds. The molecule has 1 aromatic carbocycles. The maximum absolute atomic E-state index is 11.7. The number of pyridine rings is 1.